The fraction of sp³-hybridized carbons (Fsp3) is 0.182. The summed E-state index contributed by atoms with van der Waals surface area (Å²) in [7, 11) is 0. The van der Waals surface area contributed by atoms with Gasteiger partial charge in [-0.05, 0) is 62.4 Å². The van der Waals surface area contributed by atoms with E-state index in [2.05, 4.69) is 34.4 Å². The van der Waals surface area contributed by atoms with Crippen molar-refractivity contribution in [2.45, 2.75) is 13.8 Å². The van der Waals surface area contributed by atoms with Crippen molar-refractivity contribution < 1.29 is 13.6 Å². The van der Waals surface area contributed by atoms with Gasteiger partial charge in [0, 0.05) is 36.3 Å². The van der Waals surface area contributed by atoms with Crippen LogP contribution in [0.1, 0.15) is 24.3 Å². The molecular formula is C22H22F2N4O. The quantitative estimate of drug-likeness (QED) is 0.576. The highest BCUT2D eigenvalue weighted by Crippen LogP contribution is 2.23. The number of hydrogen-bond acceptors (Lipinski definition) is 4. The first-order chi connectivity index (χ1) is 14.0. The van der Waals surface area contributed by atoms with E-state index in [0.29, 0.717) is 11.4 Å². The van der Waals surface area contributed by atoms with Crippen LogP contribution in [0.25, 0.3) is 0 Å². The van der Waals surface area contributed by atoms with Crippen LogP contribution >= 0.6 is 0 Å². The van der Waals surface area contributed by atoms with E-state index in [1.807, 2.05) is 24.3 Å². The first-order valence-electron chi connectivity index (χ1n) is 9.35. The fourth-order valence-electron chi connectivity index (χ4n) is 2.93. The summed E-state index contributed by atoms with van der Waals surface area (Å²) < 4.78 is 27.6. The average molecular weight is 396 g/mol. The normalized spacial score (nSPS) is 10.5. The molecule has 1 aromatic heterocycles. The van der Waals surface area contributed by atoms with Crippen LogP contribution in [0.3, 0.4) is 0 Å². The van der Waals surface area contributed by atoms with E-state index in [-0.39, 0.29) is 11.4 Å². The van der Waals surface area contributed by atoms with Crippen LogP contribution in [0.5, 0.6) is 0 Å². The molecule has 7 heteroatoms. The number of pyridine rings is 1. The van der Waals surface area contributed by atoms with Crippen molar-refractivity contribution >= 4 is 28.7 Å². The van der Waals surface area contributed by atoms with Crippen LogP contribution in [0.15, 0.2) is 60.8 Å². The Kier molecular flexibility index (Phi) is 6.39. The summed E-state index contributed by atoms with van der Waals surface area (Å²) in [6.07, 6.45) is 1.40. The number of nitrogens with one attached hydrogen (secondary N) is 2. The van der Waals surface area contributed by atoms with Gasteiger partial charge >= 0.3 is 0 Å². The van der Waals surface area contributed by atoms with Crippen molar-refractivity contribution in [2.24, 2.45) is 0 Å². The van der Waals surface area contributed by atoms with Crippen molar-refractivity contribution in [3.8, 4) is 0 Å². The number of anilines is 4. The van der Waals surface area contributed by atoms with Crippen molar-refractivity contribution in [1.29, 1.82) is 0 Å². The van der Waals surface area contributed by atoms with Gasteiger partial charge in [-0.3, -0.25) is 9.78 Å². The fourth-order valence-corrected chi connectivity index (χ4v) is 2.93. The molecule has 3 rings (SSSR count). The highest BCUT2D eigenvalue weighted by atomic mass is 19.1. The molecule has 150 valence electrons. The maximum Gasteiger partial charge on any atom is 0.274 e. The van der Waals surface area contributed by atoms with Crippen LogP contribution in [0.2, 0.25) is 0 Å². The molecule has 0 aliphatic heterocycles. The van der Waals surface area contributed by atoms with Crippen molar-refractivity contribution in [1.82, 2.24) is 4.98 Å². The highest BCUT2D eigenvalue weighted by molar-refractivity contribution is 6.03. The molecule has 0 atom stereocenters. The summed E-state index contributed by atoms with van der Waals surface area (Å²) >= 11 is 0. The molecule has 0 bridgehead atoms. The number of halogens is 2. The third-order valence-electron chi connectivity index (χ3n) is 4.48. The Morgan fingerprint density at radius 3 is 2.24 bits per heavy atom. The molecule has 0 unspecified atom stereocenters. The van der Waals surface area contributed by atoms with Crippen LogP contribution in [-0.4, -0.2) is 24.0 Å². The van der Waals surface area contributed by atoms with Gasteiger partial charge in [-0.1, -0.05) is 6.07 Å². The van der Waals surface area contributed by atoms with Crippen LogP contribution in [-0.2, 0) is 0 Å². The lowest BCUT2D eigenvalue weighted by Gasteiger charge is -2.21. The average Bonchev–Trinajstić information content (AvgIpc) is 2.73. The zero-order valence-electron chi connectivity index (χ0n) is 16.2. The molecule has 0 saturated heterocycles. The van der Waals surface area contributed by atoms with E-state index in [9.17, 15) is 13.6 Å². The lowest BCUT2D eigenvalue weighted by Crippen LogP contribution is -2.21. The minimum Gasteiger partial charge on any atom is -0.372 e. The molecule has 1 heterocycles. The predicted octanol–water partition coefficient (Wildman–Crippen LogP) is 5.20. The summed E-state index contributed by atoms with van der Waals surface area (Å²) in [4.78, 5) is 18.8. The van der Waals surface area contributed by atoms with E-state index in [1.54, 1.807) is 0 Å². The second-order valence-corrected chi connectivity index (χ2v) is 6.32. The van der Waals surface area contributed by atoms with E-state index >= 15 is 0 Å². The maximum absolute atomic E-state index is 13.8. The lowest BCUT2D eigenvalue weighted by atomic mass is 10.2. The van der Waals surface area contributed by atoms with Gasteiger partial charge in [-0.25, -0.2) is 8.78 Å². The Hall–Kier alpha value is -3.48. The van der Waals surface area contributed by atoms with Crippen LogP contribution < -0.4 is 15.5 Å². The third-order valence-corrected chi connectivity index (χ3v) is 4.48. The molecule has 0 aliphatic rings. The molecule has 5 nitrogen and oxygen atoms in total. The number of amides is 1. The Balaban J connectivity index is 1.73. The minimum absolute atomic E-state index is 0.125. The number of aromatic nitrogens is 1. The molecule has 2 N–H and O–H groups in total. The number of para-hydroxylation sites is 1. The highest BCUT2D eigenvalue weighted by Gasteiger charge is 2.12. The first kappa shape index (κ1) is 20.3. The number of nitrogens with zero attached hydrogens (tertiary/aromatic N) is 2. The van der Waals surface area contributed by atoms with Gasteiger partial charge in [0.2, 0.25) is 0 Å². The van der Waals surface area contributed by atoms with Gasteiger partial charge in [-0.2, -0.15) is 0 Å². The predicted molar refractivity (Wildman–Crippen MR) is 112 cm³/mol. The molecule has 0 spiro atoms. The molecule has 0 fully saturated rings. The standard InChI is InChI=1S/C22H22F2N4O/c1-3-28(4-2)17-10-8-15(9-11-17)27-22(29)20-14-16(12-13-25-20)26-21-18(23)6-5-7-19(21)24/h5-14H,3-4H2,1-2H3,(H,25,26)(H,27,29). The summed E-state index contributed by atoms with van der Waals surface area (Å²) in [6.45, 7) is 5.96. The number of hydrogen-bond donors (Lipinski definition) is 2. The Morgan fingerprint density at radius 2 is 1.62 bits per heavy atom. The second-order valence-electron chi connectivity index (χ2n) is 6.32. The van der Waals surface area contributed by atoms with E-state index in [1.165, 1.54) is 24.4 Å². The van der Waals surface area contributed by atoms with Gasteiger partial charge in [-0.15, -0.1) is 0 Å². The van der Waals surface area contributed by atoms with Gasteiger partial charge in [0.25, 0.3) is 5.91 Å². The zero-order valence-corrected chi connectivity index (χ0v) is 16.2. The summed E-state index contributed by atoms with van der Waals surface area (Å²) in [6, 6.07) is 14.1. The number of carbonyl (C=O) groups excluding carboxylic acids is 1. The topological polar surface area (TPSA) is 57.3 Å². The lowest BCUT2D eigenvalue weighted by molar-refractivity contribution is 0.102. The number of carbonyl (C=O) groups is 1. The summed E-state index contributed by atoms with van der Waals surface area (Å²) in [5, 5.41) is 5.44. The SMILES string of the molecule is CCN(CC)c1ccc(NC(=O)c2cc(Nc3c(F)cccc3F)ccn2)cc1. The van der Waals surface area contributed by atoms with Crippen LogP contribution in [0, 0.1) is 11.6 Å². The van der Waals surface area contributed by atoms with Crippen molar-refractivity contribution in [3.05, 3.63) is 78.1 Å². The Labute approximate surface area is 168 Å². The largest absolute Gasteiger partial charge is 0.372 e. The van der Waals surface area contributed by atoms with Crippen LogP contribution in [0.4, 0.5) is 31.5 Å². The zero-order chi connectivity index (χ0) is 20.8. The number of rotatable bonds is 7. The maximum atomic E-state index is 13.8. The third kappa shape index (κ3) is 4.87. The molecule has 0 saturated carbocycles. The second kappa shape index (κ2) is 9.14. The van der Waals surface area contributed by atoms with Crippen molar-refractivity contribution in [3.63, 3.8) is 0 Å². The molecule has 0 radical (unpaired) electrons. The monoisotopic (exact) mass is 396 g/mol. The van der Waals surface area contributed by atoms with E-state index < -0.39 is 17.5 Å². The molecule has 0 aliphatic carbocycles. The van der Waals surface area contributed by atoms with E-state index in [4.69, 9.17) is 0 Å². The Morgan fingerprint density at radius 1 is 0.966 bits per heavy atom. The van der Waals surface area contributed by atoms with Gasteiger partial charge < -0.3 is 15.5 Å². The van der Waals surface area contributed by atoms with Crippen molar-refractivity contribution in [2.75, 3.05) is 28.6 Å². The van der Waals surface area contributed by atoms with Gasteiger partial charge in [0.1, 0.15) is 23.0 Å². The molecule has 1 amide bonds. The first-order valence-corrected chi connectivity index (χ1v) is 9.35. The van der Waals surface area contributed by atoms with E-state index in [0.717, 1.165) is 30.9 Å². The minimum atomic E-state index is -0.721. The smallest absolute Gasteiger partial charge is 0.274 e. The molecular weight excluding hydrogens is 374 g/mol. The van der Waals surface area contributed by atoms with Gasteiger partial charge in [0.05, 0.1) is 0 Å². The summed E-state index contributed by atoms with van der Waals surface area (Å²) in [5.74, 6) is -1.86. The molecule has 3 aromatic rings. The number of benzene rings is 2. The Bertz CT molecular complexity index is 968. The summed E-state index contributed by atoms with van der Waals surface area (Å²) in [5.41, 5.74) is 1.90. The van der Waals surface area contributed by atoms with Gasteiger partial charge in [0.15, 0.2) is 0 Å². The molecule has 29 heavy (non-hydrogen) atoms. The molecule has 2 aromatic carbocycles.